The number of carbonyl (C=O) groups is 1. The third-order valence-corrected chi connectivity index (χ3v) is 6.36. The second-order valence-corrected chi connectivity index (χ2v) is 8.33. The van der Waals surface area contributed by atoms with Crippen molar-refractivity contribution in [2.45, 2.75) is 23.8 Å². The molecular formula is C22H27N3O4S. The number of hydrogen-bond acceptors (Lipinski definition) is 6. The molecule has 2 aromatic rings. The molecule has 1 N–H and O–H groups in total. The van der Waals surface area contributed by atoms with Gasteiger partial charge in [0, 0.05) is 23.5 Å². The number of methoxy groups -OCH3 is 1. The van der Waals surface area contributed by atoms with Crippen LogP contribution < -0.4 is 10.1 Å². The quantitative estimate of drug-likeness (QED) is 0.405. The number of ether oxygens (including phenoxy) is 1. The molecule has 0 bridgehead atoms. The molecule has 1 saturated heterocycles. The number of carbonyl (C=O) groups excluding carboxylic acids is 1. The van der Waals surface area contributed by atoms with E-state index in [1.54, 1.807) is 19.2 Å². The Hall–Kier alpha value is -2.58. The molecule has 1 aliphatic heterocycles. The summed E-state index contributed by atoms with van der Waals surface area (Å²) < 4.78 is 5.26. The molecule has 160 valence electrons. The van der Waals surface area contributed by atoms with Crippen molar-refractivity contribution in [3.63, 3.8) is 0 Å². The highest BCUT2D eigenvalue weighted by Gasteiger charge is 2.31. The van der Waals surface area contributed by atoms with Gasteiger partial charge in [-0.05, 0) is 68.4 Å². The summed E-state index contributed by atoms with van der Waals surface area (Å²) in [7, 11) is 3.74. The summed E-state index contributed by atoms with van der Waals surface area (Å²) in [6.07, 6.45) is 3.90. The van der Waals surface area contributed by atoms with Crippen LogP contribution in [-0.4, -0.2) is 49.2 Å². The third-order valence-electron chi connectivity index (χ3n) is 5.63. The lowest BCUT2D eigenvalue weighted by Gasteiger charge is -2.39. The molecule has 8 heteroatoms. The summed E-state index contributed by atoms with van der Waals surface area (Å²) in [5.41, 5.74) is 1.11. The predicted molar refractivity (Wildman–Crippen MR) is 118 cm³/mol. The third kappa shape index (κ3) is 4.94. The summed E-state index contributed by atoms with van der Waals surface area (Å²) in [6, 6.07) is 12.8. The van der Waals surface area contributed by atoms with E-state index in [-0.39, 0.29) is 23.2 Å². The van der Waals surface area contributed by atoms with Gasteiger partial charge in [-0.15, -0.1) is 11.8 Å². The van der Waals surface area contributed by atoms with Crippen LogP contribution in [0, 0.1) is 16.0 Å². The largest absolute Gasteiger partial charge is 0.497 e. The number of nitrogens with zero attached hydrogens (tertiary/aromatic N) is 2. The van der Waals surface area contributed by atoms with Gasteiger partial charge < -0.3 is 10.1 Å². The van der Waals surface area contributed by atoms with Crippen molar-refractivity contribution < 1.29 is 14.5 Å². The van der Waals surface area contributed by atoms with Gasteiger partial charge in [-0.2, -0.15) is 0 Å². The zero-order valence-corrected chi connectivity index (χ0v) is 18.3. The maximum atomic E-state index is 12.8. The fourth-order valence-electron chi connectivity index (χ4n) is 4.10. The first-order valence-corrected chi connectivity index (χ1v) is 11.1. The molecule has 2 aromatic carbocycles. The number of likely N-dealkylation sites (tertiary alicyclic amines) is 1. The summed E-state index contributed by atoms with van der Waals surface area (Å²) in [5, 5.41) is 14.3. The van der Waals surface area contributed by atoms with Crippen molar-refractivity contribution in [3.8, 4) is 5.75 Å². The first-order valence-electron chi connectivity index (χ1n) is 9.89. The molecule has 0 aromatic heterocycles. The molecule has 2 atom stereocenters. The van der Waals surface area contributed by atoms with Crippen molar-refractivity contribution in [2.75, 3.05) is 33.5 Å². The van der Waals surface area contributed by atoms with E-state index in [2.05, 4.69) is 29.4 Å². The summed E-state index contributed by atoms with van der Waals surface area (Å²) in [6.45, 7) is 1.45. The molecule has 30 heavy (non-hydrogen) atoms. The normalized spacial score (nSPS) is 19.3. The van der Waals surface area contributed by atoms with Gasteiger partial charge in [-0.25, -0.2) is 0 Å². The van der Waals surface area contributed by atoms with Crippen LogP contribution in [0.1, 0.15) is 34.8 Å². The van der Waals surface area contributed by atoms with E-state index in [1.165, 1.54) is 23.4 Å². The first kappa shape index (κ1) is 22.1. The van der Waals surface area contributed by atoms with Crippen molar-refractivity contribution in [1.82, 2.24) is 10.2 Å². The van der Waals surface area contributed by atoms with Crippen molar-refractivity contribution in [1.29, 1.82) is 0 Å². The van der Waals surface area contributed by atoms with Gasteiger partial charge >= 0.3 is 0 Å². The molecule has 1 aliphatic rings. The zero-order chi connectivity index (χ0) is 21.7. The van der Waals surface area contributed by atoms with Gasteiger partial charge in [0.15, 0.2) is 0 Å². The summed E-state index contributed by atoms with van der Waals surface area (Å²) in [5.74, 6) is 0.617. The van der Waals surface area contributed by atoms with Gasteiger partial charge in [0.1, 0.15) is 11.3 Å². The van der Waals surface area contributed by atoms with Gasteiger partial charge in [-0.3, -0.25) is 19.8 Å². The first-order chi connectivity index (χ1) is 14.4. The second-order valence-electron chi connectivity index (χ2n) is 7.45. The number of amides is 1. The maximum absolute atomic E-state index is 12.8. The Kier molecular flexibility index (Phi) is 7.33. The number of nitro benzene ring substituents is 1. The van der Waals surface area contributed by atoms with Crippen LogP contribution in [0.15, 0.2) is 47.4 Å². The monoisotopic (exact) mass is 429 g/mol. The average molecular weight is 430 g/mol. The molecule has 0 radical (unpaired) electrons. The van der Waals surface area contributed by atoms with Crippen LogP contribution in [0.3, 0.4) is 0 Å². The molecule has 2 unspecified atom stereocenters. The summed E-state index contributed by atoms with van der Waals surface area (Å²) >= 11 is 1.45. The van der Waals surface area contributed by atoms with E-state index in [9.17, 15) is 14.9 Å². The Bertz CT molecular complexity index is 904. The van der Waals surface area contributed by atoms with Gasteiger partial charge in [-0.1, -0.05) is 12.1 Å². The zero-order valence-electron chi connectivity index (χ0n) is 17.5. The number of nitrogens with one attached hydrogen (secondary N) is 1. The highest BCUT2D eigenvalue weighted by molar-refractivity contribution is 7.98. The lowest BCUT2D eigenvalue weighted by atomic mass is 9.85. The SMILES string of the molecule is COc1ccc(C2C(CNC(=O)c3cc(SC)ccc3[N+](=O)[O-])CCCN2C)cc1. The van der Waals surface area contributed by atoms with E-state index in [0.29, 0.717) is 6.54 Å². The fraction of sp³-hybridized carbons (Fsp3) is 0.409. The van der Waals surface area contributed by atoms with Crippen LogP contribution in [0.2, 0.25) is 0 Å². The number of piperidine rings is 1. The minimum atomic E-state index is -0.506. The highest BCUT2D eigenvalue weighted by atomic mass is 32.2. The summed E-state index contributed by atoms with van der Waals surface area (Å²) in [4.78, 5) is 26.8. The van der Waals surface area contributed by atoms with Crippen LogP contribution in [0.25, 0.3) is 0 Å². The van der Waals surface area contributed by atoms with E-state index >= 15 is 0 Å². The Morgan fingerprint density at radius 2 is 2.03 bits per heavy atom. The Labute approximate surface area is 180 Å². The molecule has 3 rings (SSSR count). The molecule has 7 nitrogen and oxygen atoms in total. The van der Waals surface area contributed by atoms with Crippen LogP contribution in [-0.2, 0) is 0 Å². The number of benzene rings is 2. The molecule has 0 spiro atoms. The van der Waals surface area contributed by atoms with Crippen LogP contribution >= 0.6 is 11.8 Å². The van der Waals surface area contributed by atoms with Gasteiger partial charge in [0.25, 0.3) is 11.6 Å². The fourth-order valence-corrected chi connectivity index (χ4v) is 4.54. The molecule has 1 amide bonds. The molecule has 0 aliphatic carbocycles. The Morgan fingerprint density at radius 1 is 1.30 bits per heavy atom. The second kappa shape index (κ2) is 9.95. The predicted octanol–water partition coefficient (Wildman–Crippen LogP) is 4.14. The molecular weight excluding hydrogens is 402 g/mol. The van der Waals surface area contributed by atoms with Crippen LogP contribution in [0.5, 0.6) is 5.75 Å². The average Bonchev–Trinajstić information content (AvgIpc) is 2.77. The lowest BCUT2D eigenvalue weighted by molar-refractivity contribution is -0.385. The molecule has 1 heterocycles. The molecule has 0 saturated carbocycles. The van der Waals surface area contributed by atoms with Crippen molar-refractivity contribution >= 4 is 23.4 Å². The number of thioether (sulfide) groups is 1. The number of hydrogen-bond donors (Lipinski definition) is 1. The smallest absolute Gasteiger partial charge is 0.282 e. The van der Waals surface area contributed by atoms with E-state index in [0.717, 1.165) is 30.0 Å². The Morgan fingerprint density at radius 3 is 2.67 bits per heavy atom. The van der Waals surface area contributed by atoms with E-state index in [4.69, 9.17) is 4.74 Å². The molecule has 1 fully saturated rings. The lowest BCUT2D eigenvalue weighted by Crippen LogP contribution is -2.41. The minimum absolute atomic E-state index is 0.108. The standard InChI is InChI=1S/C22H27N3O4S/c1-24-12-4-5-16(21(24)15-6-8-17(29-2)9-7-15)14-23-22(26)19-13-18(30-3)10-11-20(19)25(27)28/h6-11,13,16,21H,4-5,12,14H2,1-3H3,(H,23,26). The van der Waals surface area contributed by atoms with Gasteiger partial charge in [0.05, 0.1) is 12.0 Å². The van der Waals surface area contributed by atoms with Crippen molar-refractivity contribution in [3.05, 3.63) is 63.7 Å². The van der Waals surface area contributed by atoms with Gasteiger partial charge in [0.2, 0.25) is 0 Å². The highest BCUT2D eigenvalue weighted by Crippen LogP contribution is 2.35. The topological polar surface area (TPSA) is 84.7 Å². The number of nitro groups is 1. The number of rotatable bonds is 7. The Balaban J connectivity index is 1.77. The maximum Gasteiger partial charge on any atom is 0.282 e. The minimum Gasteiger partial charge on any atom is -0.497 e. The van der Waals surface area contributed by atoms with Crippen LogP contribution in [0.4, 0.5) is 5.69 Å². The van der Waals surface area contributed by atoms with Crippen molar-refractivity contribution in [2.24, 2.45) is 5.92 Å². The van der Waals surface area contributed by atoms with E-state index < -0.39 is 10.8 Å². The van der Waals surface area contributed by atoms with E-state index in [1.807, 2.05) is 18.4 Å².